The molecular formula is C18H16BrF2N5O4. The molecule has 9 nitrogen and oxygen atoms in total. The van der Waals surface area contributed by atoms with Gasteiger partial charge in [0.25, 0.3) is 5.91 Å². The van der Waals surface area contributed by atoms with Gasteiger partial charge in [-0.2, -0.15) is 0 Å². The van der Waals surface area contributed by atoms with E-state index in [2.05, 4.69) is 36.4 Å². The summed E-state index contributed by atoms with van der Waals surface area (Å²) in [6.45, 7) is -0.380. The summed E-state index contributed by atoms with van der Waals surface area (Å²) in [5, 5.41) is 2.61. The number of ether oxygens (including phenoxy) is 1. The van der Waals surface area contributed by atoms with Gasteiger partial charge in [0.05, 0.1) is 28.8 Å². The van der Waals surface area contributed by atoms with Crippen molar-refractivity contribution < 1.29 is 27.9 Å². The molecule has 0 spiro atoms. The number of carbonyl (C=O) groups is 2. The number of hydroxylamine groups is 1. The molecule has 12 heteroatoms. The Morgan fingerprint density at radius 1 is 1.27 bits per heavy atom. The number of primary amides is 1. The number of aryl methyl sites for hydroxylation is 1. The number of hydrogen-bond donors (Lipinski definition) is 3. The second kappa shape index (κ2) is 9.05. The summed E-state index contributed by atoms with van der Waals surface area (Å²) < 4.78 is 35.9. The predicted molar refractivity (Wildman–Crippen MR) is 107 cm³/mol. The highest BCUT2D eigenvalue weighted by atomic mass is 79.9. The maximum Gasteiger partial charge on any atom is 0.404 e. The lowest BCUT2D eigenvalue weighted by Gasteiger charge is -2.15. The highest BCUT2D eigenvalue weighted by molar-refractivity contribution is 9.10. The second-order valence-electron chi connectivity index (χ2n) is 6.03. The Bertz CT molecular complexity index is 1120. The molecule has 1 heterocycles. The van der Waals surface area contributed by atoms with Crippen molar-refractivity contribution >= 4 is 50.3 Å². The molecule has 1 aromatic heterocycles. The van der Waals surface area contributed by atoms with Gasteiger partial charge in [-0.05, 0) is 24.3 Å². The van der Waals surface area contributed by atoms with Gasteiger partial charge in [-0.15, -0.1) is 0 Å². The van der Waals surface area contributed by atoms with Crippen LogP contribution in [-0.4, -0.2) is 34.8 Å². The lowest BCUT2D eigenvalue weighted by Crippen LogP contribution is -2.27. The van der Waals surface area contributed by atoms with Gasteiger partial charge in [0.2, 0.25) is 0 Å². The fraction of sp³-hybridized carbons (Fsp3) is 0.167. The zero-order chi connectivity index (χ0) is 21.8. The minimum atomic E-state index is -0.989. The van der Waals surface area contributed by atoms with E-state index in [9.17, 15) is 14.0 Å². The molecule has 0 bridgehead atoms. The van der Waals surface area contributed by atoms with Gasteiger partial charge in [0.15, 0.2) is 5.82 Å². The Morgan fingerprint density at radius 2 is 2.03 bits per heavy atom. The molecule has 0 aliphatic rings. The zero-order valence-electron chi connectivity index (χ0n) is 15.5. The number of rotatable bonds is 7. The van der Waals surface area contributed by atoms with Gasteiger partial charge >= 0.3 is 6.09 Å². The number of aromatic nitrogens is 2. The van der Waals surface area contributed by atoms with Gasteiger partial charge in [-0.3, -0.25) is 9.63 Å². The fourth-order valence-electron chi connectivity index (χ4n) is 2.61. The van der Waals surface area contributed by atoms with Crippen molar-refractivity contribution in [2.24, 2.45) is 12.8 Å². The molecule has 0 saturated carbocycles. The van der Waals surface area contributed by atoms with Crippen LogP contribution in [0.2, 0.25) is 0 Å². The SMILES string of the molecule is Cn1cnc2c(F)c(Nc3ccc(Br)cc3F)c(C(=O)NOCCOC(N)=O)cc21. The number of nitrogens with zero attached hydrogens (tertiary/aromatic N) is 2. The normalized spacial score (nSPS) is 10.8. The molecule has 0 atom stereocenters. The summed E-state index contributed by atoms with van der Waals surface area (Å²) in [5.74, 6) is -2.30. The van der Waals surface area contributed by atoms with Crippen molar-refractivity contribution in [2.75, 3.05) is 18.5 Å². The van der Waals surface area contributed by atoms with Crippen LogP contribution in [-0.2, 0) is 16.6 Å². The molecule has 3 aromatic rings. The number of imidazole rings is 1. The first kappa shape index (κ1) is 21.5. The summed E-state index contributed by atoms with van der Waals surface area (Å²) in [5.41, 5.74) is 6.81. The quantitative estimate of drug-likeness (QED) is 0.350. The number of benzene rings is 2. The fourth-order valence-corrected chi connectivity index (χ4v) is 2.94. The van der Waals surface area contributed by atoms with Crippen LogP contribution in [0.15, 0.2) is 35.1 Å². The monoisotopic (exact) mass is 483 g/mol. The van der Waals surface area contributed by atoms with Crippen molar-refractivity contribution in [2.45, 2.75) is 0 Å². The third kappa shape index (κ3) is 4.66. The molecule has 30 heavy (non-hydrogen) atoms. The van der Waals surface area contributed by atoms with Crippen LogP contribution >= 0.6 is 15.9 Å². The smallest absolute Gasteiger partial charge is 0.404 e. The standard InChI is InChI=1S/C18H16BrF2N5O4/c1-26-8-23-16-13(26)7-10(17(27)25-30-5-4-29-18(22)28)15(14(16)21)24-12-3-2-9(19)6-11(12)20/h2-3,6-8,24H,4-5H2,1H3,(H2,22,28)(H,25,27). The van der Waals surface area contributed by atoms with Crippen molar-refractivity contribution in [1.29, 1.82) is 0 Å². The van der Waals surface area contributed by atoms with Crippen LogP contribution < -0.4 is 16.5 Å². The summed E-state index contributed by atoms with van der Waals surface area (Å²) in [6, 6.07) is 5.54. The molecule has 0 aliphatic heterocycles. The van der Waals surface area contributed by atoms with Gasteiger partial charge in [0, 0.05) is 11.5 Å². The van der Waals surface area contributed by atoms with Gasteiger partial charge in [-0.25, -0.2) is 24.0 Å². The average Bonchev–Trinajstić information content (AvgIpc) is 3.06. The second-order valence-corrected chi connectivity index (χ2v) is 6.95. The first-order valence-electron chi connectivity index (χ1n) is 8.48. The molecule has 0 fully saturated rings. The minimum Gasteiger partial charge on any atom is -0.447 e. The largest absolute Gasteiger partial charge is 0.447 e. The molecule has 2 aromatic carbocycles. The van der Waals surface area contributed by atoms with Crippen molar-refractivity contribution in [3.05, 3.63) is 52.3 Å². The number of nitrogens with two attached hydrogens (primary N) is 1. The number of halogens is 3. The number of anilines is 2. The summed E-state index contributed by atoms with van der Waals surface area (Å²) in [6.07, 6.45) is 0.397. The van der Waals surface area contributed by atoms with Crippen molar-refractivity contribution in [1.82, 2.24) is 15.0 Å². The molecule has 2 amide bonds. The van der Waals surface area contributed by atoms with E-state index >= 15 is 4.39 Å². The van der Waals surface area contributed by atoms with Crippen LogP contribution in [0.1, 0.15) is 10.4 Å². The van der Waals surface area contributed by atoms with Gasteiger partial charge < -0.3 is 20.4 Å². The summed E-state index contributed by atoms with van der Waals surface area (Å²) in [7, 11) is 1.63. The molecular weight excluding hydrogens is 468 g/mol. The van der Waals surface area contributed by atoms with Gasteiger partial charge in [0.1, 0.15) is 24.5 Å². The Labute approximate surface area is 177 Å². The number of nitrogens with one attached hydrogen (secondary N) is 2. The van der Waals surface area contributed by atoms with E-state index in [1.165, 1.54) is 29.1 Å². The predicted octanol–water partition coefficient (Wildman–Crippen LogP) is 3.11. The number of fused-ring (bicyclic) bond motifs is 1. The van der Waals surface area contributed by atoms with Crippen LogP contribution in [0.5, 0.6) is 0 Å². The van der Waals surface area contributed by atoms with Crippen LogP contribution in [0.4, 0.5) is 25.0 Å². The third-order valence-corrected chi connectivity index (χ3v) is 4.48. The van der Waals surface area contributed by atoms with Crippen LogP contribution in [0.25, 0.3) is 11.0 Å². The Kier molecular flexibility index (Phi) is 6.47. The highest BCUT2D eigenvalue weighted by Gasteiger charge is 2.22. The minimum absolute atomic E-state index is 0.00449. The molecule has 158 valence electrons. The van der Waals surface area contributed by atoms with E-state index in [1.807, 2.05) is 0 Å². The van der Waals surface area contributed by atoms with Crippen molar-refractivity contribution in [3.8, 4) is 0 Å². The van der Waals surface area contributed by atoms with E-state index in [0.29, 0.717) is 9.99 Å². The third-order valence-electron chi connectivity index (χ3n) is 3.99. The van der Waals surface area contributed by atoms with E-state index < -0.39 is 23.6 Å². The lowest BCUT2D eigenvalue weighted by atomic mass is 10.1. The van der Waals surface area contributed by atoms with E-state index in [-0.39, 0.29) is 35.7 Å². The first-order valence-corrected chi connectivity index (χ1v) is 9.27. The molecule has 0 saturated heterocycles. The highest BCUT2D eigenvalue weighted by Crippen LogP contribution is 2.32. The maximum atomic E-state index is 15.2. The van der Waals surface area contributed by atoms with Crippen LogP contribution in [0, 0.1) is 11.6 Å². The molecule has 3 rings (SSSR count). The Hall–Kier alpha value is -3.25. The number of hydrogen-bond acceptors (Lipinski definition) is 6. The molecule has 0 unspecified atom stereocenters. The average molecular weight is 484 g/mol. The van der Waals surface area contributed by atoms with E-state index in [1.54, 1.807) is 13.1 Å². The molecule has 0 aliphatic carbocycles. The number of carbonyl (C=O) groups excluding carboxylic acids is 2. The Balaban J connectivity index is 1.92. The summed E-state index contributed by atoms with van der Waals surface area (Å²) >= 11 is 3.14. The van der Waals surface area contributed by atoms with E-state index in [0.717, 1.165) is 0 Å². The zero-order valence-corrected chi connectivity index (χ0v) is 17.1. The van der Waals surface area contributed by atoms with E-state index in [4.69, 9.17) is 10.6 Å². The maximum absolute atomic E-state index is 15.2. The number of amides is 2. The van der Waals surface area contributed by atoms with Crippen molar-refractivity contribution in [3.63, 3.8) is 0 Å². The topological polar surface area (TPSA) is 120 Å². The molecule has 0 radical (unpaired) electrons. The molecule has 4 N–H and O–H groups in total. The first-order chi connectivity index (χ1) is 14.3. The van der Waals surface area contributed by atoms with Crippen LogP contribution in [0.3, 0.4) is 0 Å². The Morgan fingerprint density at radius 3 is 2.73 bits per heavy atom. The lowest BCUT2D eigenvalue weighted by molar-refractivity contribution is 0.0138. The van der Waals surface area contributed by atoms with Gasteiger partial charge in [-0.1, -0.05) is 15.9 Å². The summed E-state index contributed by atoms with van der Waals surface area (Å²) in [4.78, 5) is 32.0.